The average Bonchev–Trinajstić information content (AvgIpc) is 3.31. The van der Waals surface area contributed by atoms with Gasteiger partial charge in [-0.2, -0.15) is 11.8 Å². The van der Waals surface area contributed by atoms with Crippen LogP contribution in [-0.4, -0.2) is 89.0 Å². The standard InChI is InChI=1S/C54H100N4O10S/c1-5-8-11-14-17-20-21-22-23-26-27-30-33-36-48(59)57-47(54(66)56-44(4)53(65)58-46(52(55)64)39-40-49(60)61)43-69-42-45(68-51(63)38-35-32-29-25-19-16-13-10-7-3)41-67-50(62)37-34-31-28-24-18-15-12-9-6-2/h44-47H,5-43H2,1-4H3,(H2,55,64)(H,56,66)(H,57,59)(H,58,65)(H,60,61)/t44-,45+,46+,47-/m0/s1. The number of esters is 2. The summed E-state index contributed by atoms with van der Waals surface area (Å²) < 4.78 is 11.5. The first-order valence-corrected chi connectivity index (χ1v) is 28.8. The number of amides is 4. The van der Waals surface area contributed by atoms with Gasteiger partial charge in [0.25, 0.3) is 0 Å². The fourth-order valence-corrected chi connectivity index (χ4v) is 9.11. The van der Waals surface area contributed by atoms with E-state index in [1.165, 1.54) is 141 Å². The van der Waals surface area contributed by atoms with Crippen molar-refractivity contribution in [2.45, 2.75) is 283 Å². The van der Waals surface area contributed by atoms with Gasteiger partial charge in [-0.05, 0) is 32.6 Å². The number of carbonyl (C=O) groups is 7. The Morgan fingerprint density at radius 1 is 0.478 bits per heavy atom. The molecule has 0 aliphatic heterocycles. The van der Waals surface area contributed by atoms with Gasteiger partial charge in [0.1, 0.15) is 30.8 Å². The number of carboxylic acid groups (broad SMARTS) is 1. The van der Waals surface area contributed by atoms with Crippen molar-refractivity contribution in [1.82, 2.24) is 16.0 Å². The maximum Gasteiger partial charge on any atom is 0.306 e. The quantitative estimate of drug-likeness (QED) is 0.0285. The lowest BCUT2D eigenvalue weighted by Crippen LogP contribution is -2.56. The summed E-state index contributed by atoms with van der Waals surface area (Å²) in [5.41, 5.74) is 5.40. The molecular formula is C54H100N4O10S. The summed E-state index contributed by atoms with van der Waals surface area (Å²) in [7, 11) is 0. The maximum absolute atomic E-state index is 13.7. The first-order valence-electron chi connectivity index (χ1n) is 27.7. The highest BCUT2D eigenvalue weighted by molar-refractivity contribution is 7.99. The van der Waals surface area contributed by atoms with Crippen LogP contribution >= 0.6 is 11.8 Å². The van der Waals surface area contributed by atoms with Crippen molar-refractivity contribution in [3.05, 3.63) is 0 Å². The van der Waals surface area contributed by atoms with Gasteiger partial charge in [-0.25, -0.2) is 0 Å². The molecule has 0 aromatic heterocycles. The Labute approximate surface area is 422 Å². The number of nitrogens with one attached hydrogen (secondary N) is 3. The summed E-state index contributed by atoms with van der Waals surface area (Å²) in [5.74, 6) is -4.25. The smallest absolute Gasteiger partial charge is 0.306 e. The Balaban J connectivity index is 5.56. The van der Waals surface area contributed by atoms with Crippen molar-refractivity contribution >= 4 is 53.3 Å². The van der Waals surface area contributed by atoms with Gasteiger partial charge < -0.3 is 36.3 Å². The van der Waals surface area contributed by atoms with Gasteiger partial charge >= 0.3 is 17.9 Å². The number of unbranched alkanes of at least 4 members (excludes halogenated alkanes) is 28. The van der Waals surface area contributed by atoms with E-state index >= 15 is 0 Å². The number of ether oxygens (including phenoxy) is 2. The van der Waals surface area contributed by atoms with Gasteiger partial charge in [0, 0.05) is 37.2 Å². The second-order valence-corrected chi connectivity index (χ2v) is 20.3. The monoisotopic (exact) mass is 997 g/mol. The van der Waals surface area contributed by atoms with Gasteiger partial charge in [0.2, 0.25) is 23.6 Å². The number of hydrogen-bond acceptors (Lipinski definition) is 10. The van der Waals surface area contributed by atoms with Crippen molar-refractivity contribution in [3.63, 3.8) is 0 Å². The largest absolute Gasteiger partial charge is 0.481 e. The van der Waals surface area contributed by atoms with Gasteiger partial charge in [-0.1, -0.05) is 201 Å². The lowest BCUT2D eigenvalue weighted by molar-refractivity contribution is -0.157. The predicted molar refractivity (Wildman–Crippen MR) is 280 cm³/mol. The number of aliphatic carboxylic acids is 1. The Hall–Kier alpha value is -3.36. The van der Waals surface area contributed by atoms with Crippen LogP contribution in [0.4, 0.5) is 0 Å². The third-order valence-electron chi connectivity index (χ3n) is 12.5. The minimum Gasteiger partial charge on any atom is -0.481 e. The lowest BCUT2D eigenvalue weighted by atomic mass is 10.0. The van der Waals surface area contributed by atoms with E-state index in [9.17, 15) is 33.6 Å². The van der Waals surface area contributed by atoms with Crippen LogP contribution in [0, 0.1) is 0 Å². The van der Waals surface area contributed by atoms with E-state index in [4.69, 9.17) is 20.3 Å². The zero-order chi connectivity index (χ0) is 51.2. The lowest BCUT2D eigenvalue weighted by Gasteiger charge is -2.23. The third kappa shape index (κ3) is 42.1. The fraction of sp³-hybridized carbons (Fsp3) is 0.870. The van der Waals surface area contributed by atoms with Crippen molar-refractivity contribution in [3.8, 4) is 0 Å². The molecule has 0 fully saturated rings. The van der Waals surface area contributed by atoms with Gasteiger partial charge in [0.15, 0.2) is 0 Å². The number of carboxylic acids is 1. The molecule has 0 rings (SSSR count). The molecule has 0 saturated carbocycles. The van der Waals surface area contributed by atoms with Crippen LogP contribution in [0.3, 0.4) is 0 Å². The van der Waals surface area contributed by atoms with Crippen LogP contribution in [0.15, 0.2) is 0 Å². The van der Waals surface area contributed by atoms with Gasteiger partial charge in [-0.3, -0.25) is 33.6 Å². The normalized spacial score (nSPS) is 12.9. The first-order chi connectivity index (χ1) is 33.3. The summed E-state index contributed by atoms with van der Waals surface area (Å²) >= 11 is 1.26. The highest BCUT2D eigenvalue weighted by Gasteiger charge is 2.28. The zero-order valence-corrected chi connectivity index (χ0v) is 44.8. The first kappa shape index (κ1) is 65.6. The van der Waals surface area contributed by atoms with E-state index in [2.05, 4.69) is 36.7 Å². The van der Waals surface area contributed by atoms with Crippen molar-refractivity contribution in [2.75, 3.05) is 18.1 Å². The molecule has 402 valence electrons. The minimum absolute atomic E-state index is 0.0612. The zero-order valence-electron chi connectivity index (χ0n) is 44.0. The Bertz CT molecular complexity index is 1350. The Morgan fingerprint density at radius 3 is 1.30 bits per heavy atom. The molecule has 4 amide bonds. The average molecular weight is 997 g/mol. The molecule has 0 saturated heterocycles. The van der Waals surface area contributed by atoms with E-state index in [0.717, 1.165) is 64.2 Å². The van der Waals surface area contributed by atoms with Crippen LogP contribution in [0.2, 0.25) is 0 Å². The summed E-state index contributed by atoms with van der Waals surface area (Å²) in [6, 6.07) is -3.49. The molecule has 0 radical (unpaired) electrons. The molecule has 4 atom stereocenters. The number of nitrogens with two attached hydrogens (primary N) is 1. The van der Waals surface area contributed by atoms with E-state index in [-0.39, 0.29) is 61.6 Å². The Kier molecular flexibility index (Phi) is 44.7. The van der Waals surface area contributed by atoms with Gasteiger partial charge in [0.05, 0.1) is 0 Å². The van der Waals surface area contributed by atoms with Crippen LogP contribution in [0.5, 0.6) is 0 Å². The molecule has 0 aromatic rings. The number of hydrogen-bond donors (Lipinski definition) is 5. The SMILES string of the molecule is CCCCCCCCCCCCCCCC(=O)N[C@@H](CSC[C@@H](COC(=O)CCCCCCCCCCC)OC(=O)CCCCCCCCCCC)C(=O)N[C@@H](C)C(=O)N[C@H](CCC(=O)O)C(N)=O. The highest BCUT2D eigenvalue weighted by Crippen LogP contribution is 2.17. The van der Waals surface area contributed by atoms with Gasteiger partial charge in [-0.15, -0.1) is 0 Å². The van der Waals surface area contributed by atoms with E-state index in [1.54, 1.807) is 0 Å². The molecule has 0 bridgehead atoms. The highest BCUT2D eigenvalue weighted by atomic mass is 32.2. The number of thioether (sulfide) groups is 1. The fourth-order valence-electron chi connectivity index (χ4n) is 8.08. The van der Waals surface area contributed by atoms with E-state index in [0.29, 0.717) is 12.8 Å². The van der Waals surface area contributed by atoms with E-state index in [1.807, 2.05) is 0 Å². The molecule has 0 aromatic carbocycles. The predicted octanol–water partition coefficient (Wildman–Crippen LogP) is 11.3. The number of carbonyl (C=O) groups excluding carboxylic acids is 6. The number of primary amides is 1. The van der Waals surface area contributed by atoms with Crippen molar-refractivity contribution < 1.29 is 48.1 Å². The maximum atomic E-state index is 13.7. The number of rotatable bonds is 50. The summed E-state index contributed by atoms with van der Waals surface area (Å²) in [5, 5.41) is 16.9. The molecule has 0 aliphatic carbocycles. The second kappa shape index (κ2) is 47.0. The molecule has 69 heavy (non-hydrogen) atoms. The second-order valence-electron chi connectivity index (χ2n) is 19.2. The van der Waals surface area contributed by atoms with Crippen molar-refractivity contribution in [1.29, 1.82) is 0 Å². The third-order valence-corrected chi connectivity index (χ3v) is 13.7. The molecule has 0 unspecified atom stereocenters. The summed E-state index contributed by atoms with van der Waals surface area (Å²) in [4.78, 5) is 88.9. The summed E-state index contributed by atoms with van der Waals surface area (Å²) in [6.07, 6.45) is 34.7. The van der Waals surface area contributed by atoms with Crippen LogP contribution in [-0.2, 0) is 43.0 Å². The topological polar surface area (TPSA) is 220 Å². The molecule has 6 N–H and O–H groups in total. The van der Waals surface area contributed by atoms with E-state index < -0.39 is 54.3 Å². The van der Waals surface area contributed by atoms with Crippen LogP contribution in [0.25, 0.3) is 0 Å². The summed E-state index contributed by atoms with van der Waals surface area (Å²) in [6.45, 7) is 7.92. The van der Waals surface area contributed by atoms with Crippen LogP contribution in [0.1, 0.15) is 259 Å². The Morgan fingerprint density at radius 2 is 0.884 bits per heavy atom. The van der Waals surface area contributed by atoms with Crippen molar-refractivity contribution in [2.24, 2.45) is 5.73 Å². The molecule has 15 heteroatoms. The molecule has 0 aliphatic rings. The molecule has 14 nitrogen and oxygen atoms in total. The minimum atomic E-state index is -1.25. The molecule has 0 heterocycles. The molecular weight excluding hydrogens is 897 g/mol. The van der Waals surface area contributed by atoms with Crippen LogP contribution < -0.4 is 21.7 Å². The molecule has 0 spiro atoms.